The van der Waals surface area contributed by atoms with Gasteiger partial charge in [-0.15, -0.1) is 0 Å². The number of benzene rings is 7. The quantitative estimate of drug-likeness (QED) is 0.199. The van der Waals surface area contributed by atoms with Crippen LogP contribution in [0.1, 0.15) is 22.3 Å². The summed E-state index contributed by atoms with van der Waals surface area (Å²) in [6.45, 7) is 0. The Morgan fingerprint density at radius 1 is 0.396 bits per heavy atom. The molecular weight excluding hydrogens is 585 g/mol. The van der Waals surface area contributed by atoms with Crippen LogP contribution in [0.25, 0.3) is 55.8 Å². The summed E-state index contributed by atoms with van der Waals surface area (Å²) in [5, 5.41) is 1.03. The summed E-state index contributed by atoms with van der Waals surface area (Å²) >= 11 is 0. The molecule has 1 aliphatic heterocycles. The van der Waals surface area contributed by atoms with Crippen molar-refractivity contribution in [1.82, 2.24) is 9.97 Å². The second-order valence-electron chi connectivity index (χ2n) is 12.5. The molecule has 0 radical (unpaired) electrons. The zero-order valence-corrected chi connectivity index (χ0v) is 26.0. The fourth-order valence-corrected chi connectivity index (χ4v) is 7.90. The van der Waals surface area contributed by atoms with Gasteiger partial charge in [0.05, 0.1) is 16.6 Å². The zero-order chi connectivity index (χ0) is 31.7. The van der Waals surface area contributed by atoms with Gasteiger partial charge in [-0.25, -0.2) is 9.97 Å². The van der Waals surface area contributed by atoms with E-state index < -0.39 is 5.41 Å². The third kappa shape index (κ3) is 3.82. The molecule has 0 fully saturated rings. The standard InChI is InChI=1S/C45H28N2O/c1-2-13-29(14-3-1)44-46-40-23-10-6-19-35(40)43(47-44)32-16-12-15-30(27-32)31-25-26-42-39(28-31)45(38-22-9-11-24-41(38)48-42)36-20-7-4-17-33(36)34-18-5-8-21-37(34)45/h1-28H. The Bertz CT molecular complexity index is 2510. The number of para-hydroxylation sites is 2. The van der Waals surface area contributed by atoms with E-state index in [-0.39, 0.29) is 0 Å². The summed E-state index contributed by atoms with van der Waals surface area (Å²) < 4.78 is 6.66. The van der Waals surface area contributed by atoms with Gasteiger partial charge >= 0.3 is 0 Å². The van der Waals surface area contributed by atoms with Gasteiger partial charge in [0.2, 0.25) is 0 Å². The second-order valence-corrected chi connectivity index (χ2v) is 12.5. The van der Waals surface area contributed by atoms with Crippen LogP contribution in [0.2, 0.25) is 0 Å². The van der Waals surface area contributed by atoms with Crippen LogP contribution in [0, 0.1) is 0 Å². The monoisotopic (exact) mass is 612 g/mol. The molecule has 8 aromatic rings. The molecular formula is C45H28N2O. The summed E-state index contributed by atoms with van der Waals surface area (Å²) in [5.74, 6) is 2.50. The lowest BCUT2D eigenvalue weighted by molar-refractivity contribution is 0.436. The van der Waals surface area contributed by atoms with E-state index in [4.69, 9.17) is 14.7 Å². The molecule has 2 aliphatic rings. The Hall–Kier alpha value is -6.32. The van der Waals surface area contributed by atoms with Crippen molar-refractivity contribution in [3.8, 4) is 56.4 Å². The average molecular weight is 613 g/mol. The van der Waals surface area contributed by atoms with E-state index >= 15 is 0 Å². The highest BCUT2D eigenvalue weighted by Crippen LogP contribution is 2.62. The van der Waals surface area contributed by atoms with Crippen LogP contribution in [0.5, 0.6) is 11.5 Å². The lowest BCUT2D eigenvalue weighted by Gasteiger charge is -2.39. The highest BCUT2D eigenvalue weighted by molar-refractivity contribution is 5.95. The highest BCUT2D eigenvalue weighted by atomic mass is 16.5. The third-order valence-corrected chi connectivity index (χ3v) is 9.95. The largest absolute Gasteiger partial charge is 0.457 e. The summed E-state index contributed by atoms with van der Waals surface area (Å²) in [4.78, 5) is 10.1. The summed E-state index contributed by atoms with van der Waals surface area (Å²) in [6, 6.07) is 60.1. The lowest BCUT2D eigenvalue weighted by Crippen LogP contribution is -2.32. The molecule has 2 heterocycles. The predicted octanol–water partition coefficient (Wildman–Crippen LogP) is 11.1. The van der Waals surface area contributed by atoms with E-state index in [2.05, 4.69) is 146 Å². The molecule has 48 heavy (non-hydrogen) atoms. The first-order valence-electron chi connectivity index (χ1n) is 16.3. The number of rotatable bonds is 3. The van der Waals surface area contributed by atoms with Crippen LogP contribution < -0.4 is 4.74 Å². The first-order chi connectivity index (χ1) is 23.8. The average Bonchev–Trinajstić information content (AvgIpc) is 3.45. The molecule has 10 rings (SSSR count). The van der Waals surface area contributed by atoms with Gasteiger partial charge in [-0.05, 0) is 63.7 Å². The summed E-state index contributed by atoms with van der Waals surface area (Å²) in [7, 11) is 0. The molecule has 0 amide bonds. The topological polar surface area (TPSA) is 35.0 Å². The van der Waals surface area contributed by atoms with Gasteiger partial charge in [-0.2, -0.15) is 0 Å². The molecule has 1 aliphatic carbocycles. The number of hydrogen-bond acceptors (Lipinski definition) is 3. The molecule has 0 saturated heterocycles. The fraction of sp³-hybridized carbons (Fsp3) is 0.0222. The molecule has 0 atom stereocenters. The van der Waals surface area contributed by atoms with Gasteiger partial charge < -0.3 is 4.74 Å². The Kier molecular flexibility index (Phi) is 5.79. The molecule has 0 saturated carbocycles. The van der Waals surface area contributed by atoms with Crippen molar-refractivity contribution in [2.75, 3.05) is 0 Å². The number of fused-ring (bicyclic) bond motifs is 10. The number of hydrogen-bond donors (Lipinski definition) is 0. The van der Waals surface area contributed by atoms with Crippen molar-refractivity contribution < 1.29 is 4.74 Å². The highest BCUT2D eigenvalue weighted by Gasteiger charge is 2.50. The first kappa shape index (κ1) is 26.9. The normalized spacial score (nSPS) is 13.3. The van der Waals surface area contributed by atoms with Crippen molar-refractivity contribution >= 4 is 10.9 Å². The van der Waals surface area contributed by atoms with E-state index in [1.54, 1.807) is 0 Å². The van der Waals surface area contributed by atoms with Gasteiger partial charge in [-0.1, -0.05) is 140 Å². The van der Waals surface area contributed by atoms with Crippen molar-refractivity contribution in [3.05, 3.63) is 192 Å². The lowest BCUT2D eigenvalue weighted by atomic mass is 9.66. The second kappa shape index (κ2) is 10.3. The van der Waals surface area contributed by atoms with Gasteiger partial charge in [0.25, 0.3) is 0 Å². The number of ether oxygens (including phenoxy) is 1. The number of nitrogens with zero attached hydrogens (tertiary/aromatic N) is 2. The van der Waals surface area contributed by atoms with Crippen LogP contribution in [0.3, 0.4) is 0 Å². The van der Waals surface area contributed by atoms with Gasteiger partial charge in [-0.3, -0.25) is 0 Å². The molecule has 3 heteroatoms. The van der Waals surface area contributed by atoms with Gasteiger partial charge in [0.1, 0.15) is 11.5 Å². The smallest absolute Gasteiger partial charge is 0.160 e. The minimum absolute atomic E-state index is 0.502. The molecule has 1 aromatic heterocycles. The minimum atomic E-state index is -0.502. The Labute approximate surface area is 278 Å². The maximum absolute atomic E-state index is 6.66. The van der Waals surface area contributed by atoms with Crippen LogP contribution in [-0.2, 0) is 5.41 Å². The maximum Gasteiger partial charge on any atom is 0.160 e. The minimum Gasteiger partial charge on any atom is -0.457 e. The molecule has 1 spiro atoms. The summed E-state index contributed by atoms with van der Waals surface area (Å²) in [6.07, 6.45) is 0. The van der Waals surface area contributed by atoms with Gasteiger partial charge in [0, 0.05) is 27.6 Å². The van der Waals surface area contributed by atoms with Crippen LogP contribution in [0.15, 0.2) is 170 Å². The maximum atomic E-state index is 6.66. The van der Waals surface area contributed by atoms with E-state index in [1.807, 2.05) is 24.3 Å². The van der Waals surface area contributed by atoms with Crippen LogP contribution >= 0.6 is 0 Å². The van der Waals surface area contributed by atoms with E-state index in [1.165, 1.54) is 27.8 Å². The van der Waals surface area contributed by atoms with E-state index in [9.17, 15) is 0 Å². The van der Waals surface area contributed by atoms with Crippen LogP contribution in [0.4, 0.5) is 0 Å². The number of aromatic nitrogens is 2. The molecule has 0 N–H and O–H groups in total. The zero-order valence-electron chi connectivity index (χ0n) is 26.0. The first-order valence-corrected chi connectivity index (χ1v) is 16.3. The van der Waals surface area contributed by atoms with Crippen LogP contribution in [-0.4, -0.2) is 9.97 Å². The van der Waals surface area contributed by atoms with Crippen molar-refractivity contribution in [2.45, 2.75) is 5.41 Å². The third-order valence-electron chi connectivity index (χ3n) is 9.95. The molecule has 7 aromatic carbocycles. The van der Waals surface area contributed by atoms with E-state index in [0.29, 0.717) is 0 Å². The SMILES string of the molecule is c1ccc(-c2nc(-c3cccc(-c4ccc5c(c4)C4(c6ccccc6O5)c5ccccc5-c5ccccc54)c3)c3ccccc3n2)cc1. The summed E-state index contributed by atoms with van der Waals surface area (Å²) in [5.41, 5.74) is 13.1. The molecule has 3 nitrogen and oxygen atoms in total. The molecule has 0 bridgehead atoms. The van der Waals surface area contributed by atoms with Crippen molar-refractivity contribution in [3.63, 3.8) is 0 Å². The molecule has 224 valence electrons. The van der Waals surface area contributed by atoms with Crippen molar-refractivity contribution in [1.29, 1.82) is 0 Å². The molecule has 0 unspecified atom stereocenters. The van der Waals surface area contributed by atoms with Gasteiger partial charge in [0.15, 0.2) is 5.82 Å². The fourth-order valence-electron chi connectivity index (χ4n) is 7.90. The predicted molar refractivity (Wildman–Crippen MR) is 193 cm³/mol. The Morgan fingerprint density at radius 3 is 1.81 bits per heavy atom. The Morgan fingerprint density at radius 2 is 1.00 bits per heavy atom. The van der Waals surface area contributed by atoms with E-state index in [0.717, 1.165) is 61.7 Å². The van der Waals surface area contributed by atoms with Crippen molar-refractivity contribution in [2.24, 2.45) is 0 Å². The Balaban J connectivity index is 1.18.